The van der Waals surface area contributed by atoms with Crippen molar-refractivity contribution >= 4 is 23.6 Å². The number of amides is 1. The molecule has 0 bridgehead atoms. The van der Waals surface area contributed by atoms with E-state index in [0.717, 1.165) is 22.4 Å². The van der Waals surface area contributed by atoms with Gasteiger partial charge in [0.15, 0.2) is 0 Å². The smallest absolute Gasteiger partial charge is 0.274 e. The van der Waals surface area contributed by atoms with E-state index in [-0.39, 0.29) is 18.6 Å². The first-order valence-corrected chi connectivity index (χ1v) is 9.89. The van der Waals surface area contributed by atoms with Gasteiger partial charge in [0.05, 0.1) is 24.9 Å². The molecule has 1 aliphatic heterocycles. The summed E-state index contributed by atoms with van der Waals surface area (Å²) in [4.78, 5) is 23.0. The zero-order valence-corrected chi connectivity index (χ0v) is 17.0. The SMILES string of the molecule is CC(CO)N1C=NN=C(c2cccc(NC(=O)c3cc(-c4cccnc4)ccn3)c2)C1. The number of rotatable bonds is 6. The lowest BCUT2D eigenvalue weighted by atomic mass is 10.1. The normalized spacial score (nSPS) is 14.1. The quantitative estimate of drug-likeness (QED) is 0.646. The molecule has 1 unspecified atom stereocenters. The van der Waals surface area contributed by atoms with Crippen LogP contribution in [-0.4, -0.2) is 57.1 Å². The number of benzene rings is 1. The van der Waals surface area contributed by atoms with Crippen LogP contribution in [-0.2, 0) is 0 Å². The Morgan fingerprint density at radius 2 is 2.00 bits per heavy atom. The van der Waals surface area contributed by atoms with Crippen molar-refractivity contribution in [3.05, 3.63) is 78.4 Å². The fourth-order valence-electron chi connectivity index (χ4n) is 3.17. The van der Waals surface area contributed by atoms with Crippen LogP contribution in [0, 0.1) is 0 Å². The van der Waals surface area contributed by atoms with Crippen molar-refractivity contribution in [3.63, 3.8) is 0 Å². The maximum Gasteiger partial charge on any atom is 0.274 e. The highest BCUT2D eigenvalue weighted by Gasteiger charge is 2.17. The summed E-state index contributed by atoms with van der Waals surface area (Å²) in [7, 11) is 0. The molecule has 2 aromatic heterocycles. The van der Waals surface area contributed by atoms with Gasteiger partial charge in [0.25, 0.3) is 5.91 Å². The zero-order valence-electron chi connectivity index (χ0n) is 17.0. The molecule has 0 spiro atoms. The minimum absolute atomic E-state index is 0.0283. The second-order valence-electron chi connectivity index (χ2n) is 7.19. The molecule has 0 radical (unpaired) electrons. The number of pyridine rings is 2. The fraction of sp³-hybridized carbons (Fsp3) is 0.174. The van der Waals surface area contributed by atoms with Gasteiger partial charge < -0.3 is 15.3 Å². The minimum Gasteiger partial charge on any atom is -0.394 e. The summed E-state index contributed by atoms with van der Waals surface area (Å²) in [6, 6.07) is 14.7. The highest BCUT2D eigenvalue weighted by atomic mass is 16.3. The second kappa shape index (κ2) is 9.27. The third kappa shape index (κ3) is 4.81. The molecule has 1 amide bonds. The van der Waals surface area contributed by atoms with Crippen LogP contribution >= 0.6 is 0 Å². The third-order valence-corrected chi connectivity index (χ3v) is 4.98. The van der Waals surface area contributed by atoms with Gasteiger partial charge >= 0.3 is 0 Å². The minimum atomic E-state index is -0.304. The Kier molecular flexibility index (Phi) is 6.09. The van der Waals surface area contributed by atoms with Crippen molar-refractivity contribution < 1.29 is 9.90 Å². The van der Waals surface area contributed by atoms with Crippen LogP contribution in [0.5, 0.6) is 0 Å². The Morgan fingerprint density at radius 3 is 2.81 bits per heavy atom. The van der Waals surface area contributed by atoms with Crippen LogP contribution in [0.2, 0.25) is 0 Å². The molecule has 31 heavy (non-hydrogen) atoms. The lowest BCUT2D eigenvalue weighted by Crippen LogP contribution is -2.40. The van der Waals surface area contributed by atoms with Crippen LogP contribution in [0.3, 0.4) is 0 Å². The number of aromatic nitrogens is 2. The summed E-state index contributed by atoms with van der Waals surface area (Å²) in [6.45, 7) is 2.47. The number of hydrogen-bond donors (Lipinski definition) is 2. The summed E-state index contributed by atoms with van der Waals surface area (Å²) in [6.07, 6.45) is 6.68. The fourth-order valence-corrected chi connectivity index (χ4v) is 3.17. The third-order valence-electron chi connectivity index (χ3n) is 4.98. The number of nitrogens with one attached hydrogen (secondary N) is 1. The first kappa shape index (κ1) is 20.4. The predicted molar refractivity (Wildman–Crippen MR) is 120 cm³/mol. The maximum atomic E-state index is 12.8. The number of anilines is 1. The first-order valence-electron chi connectivity index (χ1n) is 9.89. The van der Waals surface area contributed by atoms with E-state index in [1.54, 1.807) is 31.0 Å². The monoisotopic (exact) mass is 414 g/mol. The summed E-state index contributed by atoms with van der Waals surface area (Å²) >= 11 is 0. The molecule has 156 valence electrons. The summed E-state index contributed by atoms with van der Waals surface area (Å²) in [5.74, 6) is -0.304. The summed E-state index contributed by atoms with van der Waals surface area (Å²) < 4.78 is 0. The summed E-state index contributed by atoms with van der Waals surface area (Å²) in [5, 5.41) is 20.5. The van der Waals surface area contributed by atoms with Crippen molar-refractivity contribution in [1.82, 2.24) is 14.9 Å². The Morgan fingerprint density at radius 1 is 1.13 bits per heavy atom. The molecule has 8 heteroatoms. The Labute approximate surface area is 180 Å². The molecular weight excluding hydrogens is 392 g/mol. The van der Waals surface area contributed by atoms with Gasteiger partial charge in [0, 0.05) is 35.4 Å². The van der Waals surface area contributed by atoms with Crippen LogP contribution in [0.25, 0.3) is 11.1 Å². The molecular formula is C23H22N6O2. The molecule has 3 aromatic rings. The lowest BCUT2D eigenvalue weighted by Gasteiger charge is -2.27. The maximum absolute atomic E-state index is 12.8. The number of aliphatic hydroxyl groups excluding tert-OH is 1. The van der Waals surface area contributed by atoms with Crippen molar-refractivity contribution in [2.75, 3.05) is 18.5 Å². The van der Waals surface area contributed by atoms with E-state index in [2.05, 4.69) is 25.5 Å². The molecule has 0 fully saturated rings. The molecule has 2 N–H and O–H groups in total. The van der Waals surface area contributed by atoms with Crippen molar-refractivity contribution in [1.29, 1.82) is 0 Å². The molecule has 8 nitrogen and oxygen atoms in total. The van der Waals surface area contributed by atoms with Gasteiger partial charge in [-0.3, -0.25) is 14.8 Å². The van der Waals surface area contributed by atoms with Crippen molar-refractivity contribution in [3.8, 4) is 11.1 Å². The highest BCUT2D eigenvalue weighted by molar-refractivity contribution is 6.06. The van der Waals surface area contributed by atoms with Gasteiger partial charge in [0.2, 0.25) is 0 Å². The number of nitrogens with zero attached hydrogens (tertiary/aromatic N) is 5. The zero-order chi connectivity index (χ0) is 21.6. The number of hydrogen-bond acceptors (Lipinski definition) is 7. The lowest BCUT2D eigenvalue weighted by molar-refractivity contribution is 0.102. The molecule has 0 saturated carbocycles. The van der Waals surface area contributed by atoms with Gasteiger partial charge in [-0.05, 0) is 42.8 Å². The van der Waals surface area contributed by atoms with E-state index in [9.17, 15) is 9.90 Å². The highest BCUT2D eigenvalue weighted by Crippen LogP contribution is 2.19. The molecule has 0 aliphatic carbocycles. The first-order chi connectivity index (χ1) is 15.1. The van der Waals surface area contributed by atoms with Crippen molar-refractivity contribution in [2.45, 2.75) is 13.0 Å². The van der Waals surface area contributed by atoms with E-state index < -0.39 is 0 Å². The standard InChI is InChI=1S/C23H22N6O2/c1-16(14-30)29-13-22(28-26-15-29)18-4-2-6-20(10-18)27-23(31)21-11-17(7-9-25-21)19-5-3-8-24-12-19/h2-12,15-16,30H,13-14H2,1H3,(H,27,31). The predicted octanol–water partition coefficient (Wildman–Crippen LogP) is 2.82. The number of aliphatic hydroxyl groups is 1. The average Bonchev–Trinajstić information content (AvgIpc) is 2.84. The van der Waals surface area contributed by atoms with Crippen LogP contribution in [0.15, 0.2) is 77.3 Å². The van der Waals surface area contributed by atoms with Gasteiger partial charge in [0.1, 0.15) is 12.0 Å². The van der Waals surface area contributed by atoms with E-state index in [1.165, 1.54) is 0 Å². The average molecular weight is 414 g/mol. The largest absolute Gasteiger partial charge is 0.394 e. The number of carbonyl (C=O) groups is 1. The molecule has 0 saturated heterocycles. The van der Waals surface area contributed by atoms with E-state index in [4.69, 9.17) is 0 Å². The van der Waals surface area contributed by atoms with E-state index in [0.29, 0.717) is 17.9 Å². The van der Waals surface area contributed by atoms with Gasteiger partial charge in [-0.25, -0.2) is 0 Å². The van der Waals surface area contributed by atoms with Gasteiger partial charge in [-0.2, -0.15) is 5.10 Å². The molecule has 1 aromatic carbocycles. The Bertz CT molecular complexity index is 1130. The number of carbonyl (C=O) groups excluding carboxylic acids is 1. The molecule has 4 rings (SSSR count). The molecule has 3 heterocycles. The van der Waals surface area contributed by atoms with E-state index >= 15 is 0 Å². The van der Waals surface area contributed by atoms with Crippen LogP contribution in [0.1, 0.15) is 23.0 Å². The van der Waals surface area contributed by atoms with Gasteiger partial charge in [-0.1, -0.05) is 18.2 Å². The van der Waals surface area contributed by atoms with Crippen molar-refractivity contribution in [2.24, 2.45) is 10.2 Å². The summed E-state index contributed by atoms with van der Waals surface area (Å²) in [5.41, 5.74) is 4.34. The Hall–Kier alpha value is -3.91. The Balaban J connectivity index is 1.50. The van der Waals surface area contributed by atoms with Crippen LogP contribution in [0.4, 0.5) is 5.69 Å². The van der Waals surface area contributed by atoms with E-state index in [1.807, 2.05) is 54.3 Å². The van der Waals surface area contributed by atoms with Gasteiger partial charge in [-0.15, -0.1) is 5.10 Å². The molecule has 1 atom stereocenters. The second-order valence-corrected chi connectivity index (χ2v) is 7.19. The molecule has 1 aliphatic rings. The van der Waals surface area contributed by atoms with Crippen LogP contribution < -0.4 is 5.32 Å². The topological polar surface area (TPSA) is 103 Å².